The maximum Gasteiger partial charge on any atom is 0.258 e. The minimum atomic E-state index is -0.931. The third-order valence-electron chi connectivity index (χ3n) is 4.54. The van der Waals surface area contributed by atoms with Crippen LogP contribution in [-0.4, -0.2) is 25.7 Å². The normalized spacial score (nSPS) is 10.8. The molecule has 9 heteroatoms. The molecular formula is C23H19F2N5O2. The van der Waals surface area contributed by atoms with Gasteiger partial charge in [-0.15, -0.1) is 0 Å². The lowest BCUT2D eigenvalue weighted by Gasteiger charge is -2.10. The van der Waals surface area contributed by atoms with Gasteiger partial charge >= 0.3 is 0 Å². The van der Waals surface area contributed by atoms with Crippen LogP contribution < -0.4 is 10.1 Å². The fourth-order valence-corrected chi connectivity index (χ4v) is 3.15. The predicted molar refractivity (Wildman–Crippen MR) is 114 cm³/mol. The number of aryl methyl sites for hydroxylation is 3. The Morgan fingerprint density at radius 1 is 0.969 bits per heavy atom. The Morgan fingerprint density at radius 3 is 2.38 bits per heavy atom. The lowest BCUT2D eigenvalue weighted by Crippen LogP contribution is -2.13. The molecule has 0 unspecified atom stereocenters. The molecule has 0 fully saturated rings. The van der Waals surface area contributed by atoms with Crippen LogP contribution in [0.1, 0.15) is 27.6 Å². The topological polar surface area (TPSA) is 81.9 Å². The summed E-state index contributed by atoms with van der Waals surface area (Å²) in [5, 5.41) is 6.99. The first kappa shape index (κ1) is 21.1. The van der Waals surface area contributed by atoms with Gasteiger partial charge in [0, 0.05) is 23.5 Å². The molecule has 7 nitrogen and oxygen atoms in total. The maximum absolute atomic E-state index is 13.8. The SMILES string of the molecule is Cc1cc(C)n(-c2cc(Oc3ccc(NC(=O)c4ccc(F)cc4F)cc3)nc(C)n2)n1. The molecule has 0 bridgehead atoms. The molecule has 0 aliphatic heterocycles. The number of hydrogen-bond acceptors (Lipinski definition) is 5. The van der Waals surface area contributed by atoms with Crippen molar-refractivity contribution in [3.8, 4) is 17.4 Å². The molecule has 4 aromatic rings. The molecule has 2 aromatic heterocycles. The van der Waals surface area contributed by atoms with Crippen molar-refractivity contribution in [2.75, 3.05) is 5.32 Å². The average molecular weight is 435 g/mol. The molecule has 0 aliphatic carbocycles. The molecule has 0 spiro atoms. The molecule has 0 saturated heterocycles. The minimum absolute atomic E-state index is 0.250. The summed E-state index contributed by atoms with van der Waals surface area (Å²) in [5.41, 5.74) is 1.98. The summed E-state index contributed by atoms with van der Waals surface area (Å²) in [4.78, 5) is 20.9. The Balaban J connectivity index is 1.49. The zero-order chi connectivity index (χ0) is 22.8. The lowest BCUT2D eigenvalue weighted by atomic mass is 10.2. The minimum Gasteiger partial charge on any atom is -0.439 e. The van der Waals surface area contributed by atoms with Crippen molar-refractivity contribution in [3.05, 3.63) is 89.0 Å². The molecule has 0 atom stereocenters. The van der Waals surface area contributed by atoms with Crippen molar-refractivity contribution in [1.82, 2.24) is 19.7 Å². The third-order valence-corrected chi connectivity index (χ3v) is 4.54. The number of carbonyl (C=O) groups excluding carboxylic acids is 1. The van der Waals surface area contributed by atoms with Crippen molar-refractivity contribution in [2.45, 2.75) is 20.8 Å². The lowest BCUT2D eigenvalue weighted by molar-refractivity contribution is 0.102. The van der Waals surface area contributed by atoms with Crippen molar-refractivity contribution in [1.29, 1.82) is 0 Å². The van der Waals surface area contributed by atoms with Crippen LogP contribution in [0.4, 0.5) is 14.5 Å². The highest BCUT2D eigenvalue weighted by molar-refractivity contribution is 6.04. The zero-order valence-electron chi connectivity index (χ0n) is 17.6. The number of hydrogen-bond donors (Lipinski definition) is 1. The van der Waals surface area contributed by atoms with Gasteiger partial charge in [-0.1, -0.05) is 0 Å². The summed E-state index contributed by atoms with van der Waals surface area (Å²) < 4.78 is 34.4. The van der Waals surface area contributed by atoms with E-state index in [2.05, 4.69) is 20.4 Å². The third kappa shape index (κ3) is 4.61. The monoisotopic (exact) mass is 435 g/mol. The number of carbonyl (C=O) groups is 1. The van der Waals surface area contributed by atoms with Gasteiger partial charge in [0.2, 0.25) is 5.88 Å². The summed E-state index contributed by atoms with van der Waals surface area (Å²) in [7, 11) is 0. The second-order valence-electron chi connectivity index (χ2n) is 7.16. The largest absolute Gasteiger partial charge is 0.439 e. The van der Waals surface area contributed by atoms with Gasteiger partial charge < -0.3 is 10.1 Å². The molecule has 2 heterocycles. The molecule has 32 heavy (non-hydrogen) atoms. The number of aromatic nitrogens is 4. The molecule has 1 N–H and O–H groups in total. The quantitative estimate of drug-likeness (QED) is 0.482. The van der Waals surface area contributed by atoms with Crippen LogP contribution in [0.25, 0.3) is 5.82 Å². The first-order valence-electron chi connectivity index (χ1n) is 9.72. The number of rotatable bonds is 5. The highest BCUT2D eigenvalue weighted by Crippen LogP contribution is 2.24. The van der Waals surface area contributed by atoms with Gasteiger partial charge in [0.05, 0.1) is 11.3 Å². The van der Waals surface area contributed by atoms with E-state index < -0.39 is 17.5 Å². The Morgan fingerprint density at radius 2 is 1.72 bits per heavy atom. The fourth-order valence-electron chi connectivity index (χ4n) is 3.15. The molecule has 4 rings (SSSR count). The van der Waals surface area contributed by atoms with E-state index in [1.807, 2.05) is 19.9 Å². The van der Waals surface area contributed by atoms with E-state index in [1.165, 1.54) is 0 Å². The van der Waals surface area contributed by atoms with Crippen LogP contribution in [0.2, 0.25) is 0 Å². The van der Waals surface area contributed by atoms with Gasteiger partial charge in [0.1, 0.15) is 23.2 Å². The van der Waals surface area contributed by atoms with Crippen LogP contribution >= 0.6 is 0 Å². The second-order valence-corrected chi connectivity index (χ2v) is 7.16. The Labute approximate surface area is 182 Å². The molecular weight excluding hydrogens is 416 g/mol. The van der Waals surface area contributed by atoms with Crippen LogP contribution in [0.15, 0.2) is 54.6 Å². The molecule has 0 radical (unpaired) electrons. The first-order chi connectivity index (χ1) is 15.3. The smallest absolute Gasteiger partial charge is 0.258 e. The highest BCUT2D eigenvalue weighted by atomic mass is 19.1. The number of nitrogens with one attached hydrogen (secondary N) is 1. The number of anilines is 1. The van der Waals surface area contributed by atoms with E-state index in [0.717, 1.165) is 23.5 Å². The van der Waals surface area contributed by atoms with E-state index in [9.17, 15) is 13.6 Å². The summed E-state index contributed by atoms with van der Waals surface area (Å²) in [6, 6.07) is 12.9. The van der Waals surface area contributed by atoms with Crippen molar-refractivity contribution in [3.63, 3.8) is 0 Å². The molecule has 0 aliphatic rings. The number of nitrogens with zero attached hydrogens (tertiary/aromatic N) is 4. The Kier molecular flexibility index (Phi) is 5.63. The van der Waals surface area contributed by atoms with Crippen LogP contribution in [0.3, 0.4) is 0 Å². The predicted octanol–water partition coefficient (Wildman–Crippen LogP) is 4.91. The molecule has 1 amide bonds. The summed E-state index contributed by atoms with van der Waals surface area (Å²) >= 11 is 0. The zero-order valence-corrected chi connectivity index (χ0v) is 17.6. The summed E-state index contributed by atoms with van der Waals surface area (Å²) in [5.74, 6) is -0.434. The van der Waals surface area contributed by atoms with Gasteiger partial charge in [-0.3, -0.25) is 4.79 Å². The number of ether oxygens (including phenoxy) is 1. The van der Waals surface area contributed by atoms with Gasteiger partial charge in [0.25, 0.3) is 5.91 Å². The van der Waals surface area contributed by atoms with E-state index >= 15 is 0 Å². The van der Waals surface area contributed by atoms with E-state index in [1.54, 1.807) is 41.9 Å². The van der Waals surface area contributed by atoms with E-state index in [0.29, 0.717) is 35.0 Å². The van der Waals surface area contributed by atoms with Gasteiger partial charge in [0.15, 0.2) is 5.82 Å². The molecule has 2 aromatic carbocycles. The van der Waals surface area contributed by atoms with Gasteiger partial charge in [-0.2, -0.15) is 10.1 Å². The van der Waals surface area contributed by atoms with E-state index in [4.69, 9.17) is 4.74 Å². The van der Waals surface area contributed by atoms with Crippen LogP contribution in [0.5, 0.6) is 11.6 Å². The van der Waals surface area contributed by atoms with Crippen LogP contribution in [-0.2, 0) is 0 Å². The Bertz CT molecular complexity index is 1300. The number of benzene rings is 2. The molecule has 162 valence electrons. The second kappa shape index (κ2) is 8.54. The fraction of sp³-hybridized carbons (Fsp3) is 0.130. The van der Waals surface area contributed by atoms with Crippen LogP contribution in [0, 0.1) is 32.4 Å². The summed E-state index contributed by atoms with van der Waals surface area (Å²) in [6.45, 7) is 5.60. The van der Waals surface area contributed by atoms with E-state index in [-0.39, 0.29) is 5.56 Å². The number of halogens is 2. The van der Waals surface area contributed by atoms with Crippen molar-refractivity contribution < 1.29 is 18.3 Å². The molecule has 0 saturated carbocycles. The standard InChI is InChI=1S/C23H19F2N5O2/c1-13-10-14(2)30(29-13)21-12-22(27-15(3)26-21)32-18-7-5-17(6-8-18)28-23(31)19-9-4-16(24)11-20(19)25/h4-12H,1-3H3,(H,28,31). The van der Waals surface area contributed by atoms with Gasteiger partial charge in [-0.25, -0.2) is 18.4 Å². The van der Waals surface area contributed by atoms with Crippen molar-refractivity contribution in [2.24, 2.45) is 0 Å². The number of amides is 1. The Hall–Kier alpha value is -4.14. The highest BCUT2D eigenvalue weighted by Gasteiger charge is 2.13. The average Bonchev–Trinajstić information content (AvgIpc) is 3.07. The summed E-state index contributed by atoms with van der Waals surface area (Å²) in [6.07, 6.45) is 0. The van der Waals surface area contributed by atoms with Gasteiger partial charge in [-0.05, 0) is 63.2 Å². The first-order valence-corrected chi connectivity index (χ1v) is 9.72. The maximum atomic E-state index is 13.8. The van der Waals surface area contributed by atoms with Crippen molar-refractivity contribution >= 4 is 11.6 Å².